The minimum Gasteiger partial charge on any atom is -0.0767 e. The van der Waals surface area contributed by atoms with Crippen molar-refractivity contribution in [3.8, 4) is 0 Å². The first kappa shape index (κ1) is 18.0. The molecule has 0 aromatic heterocycles. The Morgan fingerprint density at radius 2 is 1.38 bits per heavy atom. The van der Waals surface area contributed by atoms with E-state index in [1.807, 2.05) is 37.6 Å². The van der Waals surface area contributed by atoms with Crippen molar-refractivity contribution in [3.63, 3.8) is 0 Å². The van der Waals surface area contributed by atoms with Crippen LogP contribution in [0, 0.1) is 19.7 Å². The van der Waals surface area contributed by atoms with Gasteiger partial charge in [0.15, 0.2) is 0 Å². The third kappa shape index (κ3) is 35.3. The van der Waals surface area contributed by atoms with Crippen molar-refractivity contribution in [1.82, 2.24) is 0 Å². The molecule has 1 aliphatic rings. The molecule has 0 fully saturated rings. The van der Waals surface area contributed by atoms with Crippen molar-refractivity contribution in [2.24, 2.45) is 0 Å². The van der Waals surface area contributed by atoms with Gasteiger partial charge in [0.05, 0.1) is 0 Å². The Labute approximate surface area is 86.8 Å². The Bertz CT molecular complexity index is 202. The standard InChI is InChI=1S/C5H5.C3H4.2CO.Mn/c1-2-4-5-3-1;1-3-2;2*1-2;/h1-5H;3H,1H3;;;. The van der Waals surface area contributed by atoms with E-state index in [1.54, 1.807) is 6.08 Å². The summed E-state index contributed by atoms with van der Waals surface area (Å²) in [6, 6.07) is 0. The maximum absolute atomic E-state index is 7.50. The molecule has 0 heterocycles. The van der Waals surface area contributed by atoms with Gasteiger partial charge in [0.1, 0.15) is 0 Å². The van der Waals surface area contributed by atoms with Crippen molar-refractivity contribution in [2.45, 2.75) is 6.92 Å². The zero-order valence-electron chi connectivity index (χ0n) is 7.16. The summed E-state index contributed by atoms with van der Waals surface area (Å²) in [5.74, 6) is 0. The molecule has 0 aromatic carbocycles. The number of allylic oxidation sites excluding steroid dienone is 5. The summed E-state index contributed by atoms with van der Waals surface area (Å²) in [5, 5.41) is 0. The molecular formula is C10H9MnO2. The molecule has 1 radical (unpaired) electrons. The van der Waals surface area contributed by atoms with Crippen molar-refractivity contribution in [2.75, 3.05) is 0 Å². The van der Waals surface area contributed by atoms with Gasteiger partial charge in [0.25, 0.3) is 0 Å². The van der Waals surface area contributed by atoms with E-state index < -0.39 is 0 Å². The Morgan fingerprint density at radius 1 is 1.08 bits per heavy atom. The summed E-state index contributed by atoms with van der Waals surface area (Å²) in [5.41, 5.74) is 0. The summed E-state index contributed by atoms with van der Waals surface area (Å²) in [4.78, 5) is 0. The SMILES string of the molecule is CC=[C]=[Mn].[C-]#[O+].[C-]#[O+].[CH]1C=CC=C1. The molecule has 0 bridgehead atoms. The monoisotopic (exact) mass is 216 g/mol. The maximum Gasteiger partial charge on any atom is 0.00506 e. The maximum atomic E-state index is 7.50. The Hall–Kier alpha value is -0.871. The molecule has 0 N–H and O–H groups in total. The van der Waals surface area contributed by atoms with E-state index in [1.165, 1.54) is 0 Å². The number of hydrogen-bond acceptors (Lipinski definition) is 0. The largest absolute Gasteiger partial charge is 0.0767 e. The van der Waals surface area contributed by atoms with Crippen LogP contribution in [-0.2, 0) is 24.9 Å². The minimum absolute atomic E-state index is 1.79. The van der Waals surface area contributed by atoms with Crippen LogP contribution in [0.3, 0.4) is 0 Å². The van der Waals surface area contributed by atoms with Gasteiger partial charge < -0.3 is 0 Å². The normalized spacial score (nSPS) is 8.38. The van der Waals surface area contributed by atoms with Gasteiger partial charge in [0.2, 0.25) is 0 Å². The number of hydrogen-bond donors (Lipinski definition) is 0. The van der Waals surface area contributed by atoms with Gasteiger partial charge in [-0.05, 0) is 0 Å². The van der Waals surface area contributed by atoms with Crippen LogP contribution in [0.25, 0.3) is 0 Å². The second-order valence-corrected chi connectivity index (χ2v) is 1.70. The van der Waals surface area contributed by atoms with Gasteiger partial charge in [-0.15, -0.1) is 0 Å². The fourth-order valence-corrected chi connectivity index (χ4v) is 0.321. The van der Waals surface area contributed by atoms with E-state index in [4.69, 9.17) is 9.30 Å². The predicted molar refractivity (Wildman–Crippen MR) is 45.7 cm³/mol. The van der Waals surface area contributed by atoms with Crippen LogP contribution in [0.4, 0.5) is 0 Å². The molecule has 0 unspecified atom stereocenters. The zero-order valence-corrected chi connectivity index (χ0v) is 8.34. The third-order valence-electron chi connectivity index (χ3n) is 0.665. The molecule has 0 aromatic rings. The summed E-state index contributed by atoms with van der Waals surface area (Å²) >= 11 is 2.94. The minimum atomic E-state index is 1.79. The van der Waals surface area contributed by atoms with Gasteiger partial charge >= 0.3 is 55.8 Å². The van der Waals surface area contributed by atoms with Crippen molar-refractivity contribution >= 4 is 4.58 Å². The summed E-state index contributed by atoms with van der Waals surface area (Å²) in [6.07, 6.45) is 11.8. The molecule has 13 heavy (non-hydrogen) atoms. The van der Waals surface area contributed by atoms with E-state index in [-0.39, 0.29) is 0 Å². The molecule has 2 nitrogen and oxygen atoms in total. The summed E-state index contributed by atoms with van der Waals surface area (Å²) in [6.45, 7) is 10.9. The first-order valence-corrected chi connectivity index (χ1v) is 3.72. The van der Waals surface area contributed by atoms with Crippen LogP contribution in [0.2, 0.25) is 0 Å². The van der Waals surface area contributed by atoms with E-state index in [0.717, 1.165) is 0 Å². The average Bonchev–Trinajstić information content (AvgIpc) is 2.82. The van der Waals surface area contributed by atoms with Crippen LogP contribution >= 0.6 is 0 Å². The fraction of sp³-hybridized carbons (Fsp3) is 0.100. The molecule has 0 spiro atoms. The molecule has 3 heteroatoms. The summed E-state index contributed by atoms with van der Waals surface area (Å²) < 4.78 is 17.6. The smallest absolute Gasteiger partial charge is 0.00506 e. The van der Waals surface area contributed by atoms with Crippen LogP contribution in [0.5, 0.6) is 0 Å². The van der Waals surface area contributed by atoms with Crippen LogP contribution in [0.15, 0.2) is 30.4 Å². The average molecular weight is 216 g/mol. The van der Waals surface area contributed by atoms with Gasteiger partial charge in [-0.1, -0.05) is 24.3 Å². The molecule has 1 rings (SSSR count). The van der Waals surface area contributed by atoms with Gasteiger partial charge in [-0.3, -0.25) is 0 Å². The Balaban J connectivity index is -0.000000114. The zero-order chi connectivity index (χ0) is 10.9. The van der Waals surface area contributed by atoms with E-state index >= 15 is 0 Å². The molecule has 1 aliphatic carbocycles. The summed E-state index contributed by atoms with van der Waals surface area (Å²) in [7, 11) is 0. The van der Waals surface area contributed by atoms with E-state index in [0.29, 0.717) is 0 Å². The molecule has 68 valence electrons. The molecular weight excluding hydrogens is 207 g/mol. The van der Waals surface area contributed by atoms with Crippen LogP contribution in [0.1, 0.15) is 6.92 Å². The molecule has 0 saturated carbocycles. The van der Waals surface area contributed by atoms with Crippen molar-refractivity contribution < 1.29 is 24.9 Å². The third-order valence-corrected chi connectivity index (χ3v) is 1.01. The number of rotatable bonds is 0. The van der Waals surface area contributed by atoms with E-state index in [9.17, 15) is 0 Å². The second-order valence-electron chi connectivity index (χ2n) is 1.36. The van der Waals surface area contributed by atoms with Crippen LogP contribution < -0.4 is 0 Å². The Morgan fingerprint density at radius 3 is 1.46 bits per heavy atom. The van der Waals surface area contributed by atoms with Crippen molar-refractivity contribution in [1.29, 1.82) is 0 Å². The van der Waals surface area contributed by atoms with Gasteiger partial charge in [0, 0.05) is 6.42 Å². The van der Waals surface area contributed by atoms with Crippen LogP contribution in [-0.4, -0.2) is 4.58 Å². The molecule has 0 amide bonds. The molecule has 0 atom stereocenters. The molecule has 0 saturated heterocycles. The fourth-order valence-electron chi connectivity index (χ4n) is 0.321. The topological polar surface area (TPSA) is 39.8 Å². The Kier molecular flexibility index (Phi) is 42.1. The first-order valence-electron chi connectivity index (χ1n) is 3.13. The first-order chi connectivity index (χ1) is 6.41. The molecule has 0 aliphatic heterocycles. The second kappa shape index (κ2) is 30.4. The van der Waals surface area contributed by atoms with Crippen molar-refractivity contribution in [3.05, 3.63) is 50.1 Å². The van der Waals surface area contributed by atoms with Gasteiger partial charge in [-0.2, -0.15) is 0 Å². The van der Waals surface area contributed by atoms with Gasteiger partial charge in [-0.25, -0.2) is 0 Å². The quantitative estimate of drug-likeness (QED) is 0.336. The van der Waals surface area contributed by atoms with E-state index in [2.05, 4.69) is 33.5 Å². The predicted octanol–water partition coefficient (Wildman–Crippen LogP) is 1.75.